The van der Waals surface area contributed by atoms with Crippen molar-refractivity contribution in [2.24, 2.45) is 0 Å². The summed E-state index contributed by atoms with van der Waals surface area (Å²) < 4.78 is 11.7. The van der Waals surface area contributed by atoms with E-state index in [0.717, 1.165) is 66.1 Å². The molecule has 0 unspecified atom stereocenters. The van der Waals surface area contributed by atoms with Gasteiger partial charge < -0.3 is 8.98 Å². The van der Waals surface area contributed by atoms with Crippen LogP contribution in [0.15, 0.2) is 186 Å². The Hall–Kier alpha value is -7.67. The van der Waals surface area contributed by atoms with E-state index in [1.54, 1.807) is 11.3 Å². The van der Waals surface area contributed by atoms with Gasteiger partial charge in [0.25, 0.3) is 0 Å². The Morgan fingerprint density at radius 3 is 1.90 bits per heavy atom. The number of fused-ring (bicyclic) bond motifs is 11. The van der Waals surface area contributed by atoms with Crippen LogP contribution in [0, 0.1) is 0 Å². The van der Waals surface area contributed by atoms with Crippen LogP contribution >= 0.6 is 11.3 Å². The molecule has 0 bridgehead atoms. The zero-order chi connectivity index (χ0) is 38.6. The number of nitrogens with zero attached hydrogens (tertiary/aromatic N) is 4. The molecule has 59 heavy (non-hydrogen) atoms. The van der Waals surface area contributed by atoms with E-state index in [0.29, 0.717) is 17.5 Å². The van der Waals surface area contributed by atoms with Gasteiger partial charge in [-0.05, 0) is 76.1 Å². The first-order valence-corrected chi connectivity index (χ1v) is 20.6. The third-order valence-electron chi connectivity index (χ3n) is 11.8. The molecule has 13 rings (SSSR count). The molecule has 274 valence electrons. The quantitative estimate of drug-likeness (QED) is 0.179. The fourth-order valence-electron chi connectivity index (χ4n) is 9.13. The number of thiophene rings is 1. The zero-order valence-corrected chi connectivity index (χ0v) is 32.2. The Morgan fingerprint density at radius 2 is 1.05 bits per heavy atom. The average Bonchev–Trinajstić information content (AvgIpc) is 3.98. The molecule has 0 spiro atoms. The van der Waals surface area contributed by atoms with Crippen LogP contribution < -0.4 is 0 Å². The molecule has 4 heterocycles. The van der Waals surface area contributed by atoms with Crippen molar-refractivity contribution in [1.29, 1.82) is 0 Å². The van der Waals surface area contributed by atoms with Crippen LogP contribution in [-0.2, 0) is 0 Å². The second-order valence-electron chi connectivity index (χ2n) is 15.1. The minimum atomic E-state index is 0.589. The van der Waals surface area contributed by atoms with Crippen LogP contribution in [-0.4, -0.2) is 19.5 Å². The Labute approximate surface area is 341 Å². The highest BCUT2D eigenvalue weighted by molar-refractivity contribution is 7.25. The smallest absolute Gasteiger partial charge is 0.164 e. The molecule has 0 atom stereocenters. The van der Waals surface area contributed by atoms with Crippen LogP contribution in [0.5, 0.6) is 0 Å². The molecule has 0 radical (unpaired) electrons. The maximum absolute atomic E-state index is 6.94. The van der Waals surface area contributed by atoms with Gasteiger partial charge in [0.15, 0.2) is 23.1 Å². The lowest BCUT2D eigenvalue weighted by molar-refractivity contribution is 0.666. The van der Waals surface area contributed by atoms with Gasteiger partial charge in [0.05, 0.1) is 16.7 Å². The van der Waals surface area contributed by atoms with Gasteiger partial charge in [0, 0.05) is 58.4 Å². The minimum Gasteiger partial charge on any atom is -0.454 e. The van der Waals surface area contributed by atoms with Crippen molar-refractivity contribution in [1.82, 2.24) is 19.5 Å². The number of para-hydroxylation sites is 2. The third-order valence-corrected chi connectivity index (χ3v) is 12.9. The second kappa shape index (κ2) is 12.4. The van der Waals surface area contributed by atoms with Crippen LogP contribution in [0.4, 0.5) is 0 Å². The third kappa shape index (κ3) is 4.87. The summed E-state index contributed by atoms with van der Waals surface area (Å²) in [5, 5.41) is 11.4. The monoisotopic (exact) mass is 770 g/mol. The van der Waals surface area contributed by atoms with Gasteiger partial charge in [0.1, 0.15) is 5.58 Å². The summed E-state index contributed by atoms with van der Waals surface area (Å²) in [7, 11) is 0. The minimum absolute atomic E-state index is 0.589. The van der Waals surface area contributed by atoms with E-state index in [9.17, 15) is 0 Å². The van der Waals surface area contributed by atoms with Crippen LogP contribution in [0.1, 0.15) is 0 Å². The topological polar surface area (TPSA) is 56.7 Å². The number of furan rings is 1. The maximum atomic E-state index is 6.94. The second-order valence-corrected chi connectivity index (χ2v) is 16.2. The predicted molar refractivity (Wildman–Crippen MR) is 246 cm³/mol. The summed E-state index contributed by atoms with van der Waals surface area (Å²) in [6, 6.07) is 64.3. The number of hydrogen-bond donors (Lipinski definition) is 0. The predicted octanol–water partition coefficient (Wildman–Crippen LogP) is 14.5. The van der Waals surface area contributed by atoms with Crippen LogP contribution in [0.2, 0.25) is 0 Å². The largest absolute Gasteiger partial charge is 0.454 e. The number of rotatable bonds is 4. The summed E-state index contributed by atoms with van der Waals surface area (Å²) in [6.45, 7) is 0. The summed E-state index contributed by atoms with van der Waals surface area (Å²) in [6.07, 6.45) is 0. The van der Waals surface area contributed by atoms with Gasteiger partial charge in [-0.2, -0.15) is 0 Å². The Kier molecular flexibility index (Phi) is 6.82. The van der Waals surface area contributed by atoms with Crippen LogP contribution in [0.25, 0.3) is 125 Å². The van der Waals surface area contributed by atoms with E-state index in [1.807, 2.05) is 12.1 Å². The molecule has 9 aromatic carbocycles. The molecule has 6 heteroatoms. The lowest BCUT2D eigenvalue weighted by Gasteiger charge is -2.13. The Balaban J connectivity index is 1.12. The van der Waals surface area contributed by atoms with Gasteiger partial charge in [0.2, 0.25) is 0 Å². The molecule has 0 aliphatic heterocycles. The van der Waals surface area contributed by atoms with E-state index in [4.69, 9.17) is 19.4 Å². The van der Waals surface area contributed by atoms with E-state index in [1.165, 1.54) is 41.7 Å². The first kappa shape index (κ1) is 32.4. The van der Waals surface area contributed by atoms with Crippen molar-refractivity contribution in [3.8, 4) is 39.9 Å². The molecule has 0 fully saturated rings. The Morgan fingerprint density at radius 1 is 0.407 bits per heavy atom. The van der Waals surface area contributed by atoms with Gasteiger partial charge in [-0.15, -0.1) is 11.3 Å². The van der Waals surface area contributed by atoms with Crippen molar-refractivity contribution in [3.63, 3.8) is 0 Å². The summed E-state index contributed by atoms with van der Waals surface area (Å²) >= 11 is 1.79. The summed E-state index contributed by atoms with van der Waals surface area (Å²) in [5.41, 5.74) is 7.57. The molecule has 0 N–H and O–H groups in total. The SMILES string of the molecule is c1ccc2cc(-c3nc(-c4cccc5sc6ccccc6c45)nc(-c4ccc(-n5c6ccccc6c6cc7ccccc7cc65)c5oc6ccccc6c45)n3)ccc2c1. The van der Waals surface area contributed by atoms with Gasteiger partial charge in [-0.1, -0.05) is 127 Å². The zero-order valence-electron chi connectivity index (χ0n) is 31.4. The number of aromatic nitrogens is 4. The molecule has 0 saturated heterocycles. The molecular formula is C53H30N4OS. The molecular weight excluding hydrogens is 741 g/mol. The number of hydrogen-bond acceptors (Lipinski definition) is 5. The lowest BCUT2D eigenvalue weighted by Crippen LogP contribution is -2.01. The molecule has 5 nitrogen and oxygen atoms in total. The van der Waals surface area contributed by atoms with Gasteiger partial charge in [-0.25, -0.2) is 15.0 Å². The molecule has 0 amide bonds. The molecule has 13 aromatic rings. The molecule has 0 aliphatic carbocycles. The lowest BCUT2D eigenvalue weighted by atomic mass is 10.0. The molecule has 4 aromatic heterocycles. The fraction of sp³-hybridized carbons (Fsp3) is 0. The summed E-state index contributed by atoms with van der Waals surface area (Å²) in [5.74, 6) is 1.84. The van der Waals surface area contributed by atoms with Crippen molar-refractivity contribution >= 4 is 96.8 Å². The highest BCUT2D eigenvalue weighted by Gasteiger charge is 2.24. The number of benzene rings is 9. The van der Waals surface area contributed by atoms with E-state index < -0.39 is 0 Å². The van der Waals surface area contributed by atoms with Gasteiger partial charge >= 0.3 is 0 Å². The van der Waals surface area contributed by atoms with E-state index >= 15 is 0 Å². The first-order chi connectivity index (χ1) is 29.2. The highest BCUT2D eigenvalue weighted by atomic mass is 32.1. The van der Waals surface area contributed by atoms with Crippen LogP contribution in [0.3, 0.4) is 0 Å². The molecule has 0 saturated carbocycles. The summed E-state index contributed by atoms with van der Waals surface area (Å²) in [4.78, 5) is 16.0. The normalized spacial score (nSPS) is 12.1. The fourth-order valence-corrected chi connectivity index (χ4v) is 10.3. The standard InChI is InChI=1S/C53H30N4OS/c1-2-13-32-28-35(25-24-31(32)12-1)51-54-52(39-19-11-23-47-48(39)38-18-7-10-22-46(38)59-47)56-53(55-51)40-26-27-43(50-49(40)37-17-6-9-21-45(37)58-50)57-42-20-8-5-16-36(42)41-29-33-14-3-4-15-34(33)30-44(41)57/h1-30H. The van der Waals surface area contributed by atoms with Crippen molar-refractivity contribution in [3.05, 3.63) is 182 Å². The van der Waals surface area contributed by atoms with E-state index in [-0.39, 0.29) is 0 Å². The molecule has 0 aliphatic rings. The highest BCUT2D eigenvalue weighted by Crippen LogP contribution is 2.44. The Bertz CT molecular complexity index is 3870. The van der Waals surface area contributed by atoms with E-state index in [2.05, 4.69) is 174 Å². The first-order valence-electron chi connectivity index (χ1n) is 19.8. The van der Waals surface area contributed by atoms with Gasteiger partial charge in [-0.3, -0.25) is 0 Å². The van der Waals surface area contributed by atoms with Crippen molar-refractivity contribution < 1.29 is 4.42 Å². The van der Waals surface area contributed by atoms with Crippen molar-refractivity contribution in [2.75, 3.05) is 0 Å². The van der Waals surface area contributed by atoms with Crippen molar-refractivity contribution in [2.45, 2.75) is 0 Å². The maximum Gasteiger partial charge on any atom is 0.164 e. The average molecular weight is 771 g/mol.